The highest BCUT2D eigenvalue weighted by Crippen LogP contribution is 2.39. The Kier molecular flexibility index (Phi) is 6.08. The number of aryl methyl sites for hydroxylation is 1. The van der Waals surface area contributed by atoms with Gasteiger partial charge in [0.15, 0.2) is 0 Å². The number of ketones is 1. The molecular formula is C22H26N2O5. The first-order valence-electron chi connectivity index (χ1n) is 9.55. The predicted molar refractivity (Wildman–Crippen MR) is 109 cm³/mol. The molecule has 0 spiro atoms. The Labute approximate surface area is 170 Å². The summed E-state index contributed by atoms with van der Waals surface area (Å²) in [7, 11) is 3.78. The van der Waals surface area contributed by atoms with Crippen molar-refractivity contribution in [1.82, 2.24) is 9.80 Å². The molecule has 154 valence electrons. The largest absolute Gasteiger partial charge is 0.507 e. The normalized spacial score (nSPS) is 18.7. The maximum absolute atomic E-state index is 12.8. The highest BCUT2D eigenvalue weighted by molar-refractivity contribution is 6.46. The van der Waals surface area contributed by atoms with Crippen LogP contribution >= 0.6 is 0 Å². The topological polar surface area (TPSA) is 83.2 Å². The molecule has 1 N–H and O–H groups in total. The van der Waals surface area contributed by atoms with Gasteiger partial charge in [-0.3, -0.25) is 9.59 Å². The summed E-state index contributed by atoms with van der Waals surface area (Å²) in [6.07, 6.45) is 1.49. The number of carbonyl (C=O) groups is 2. The van der Waals surface area contributed by atoms with E-state index in [0.29, 0.717) is 36.8 Å². The van der Waals surface area contributed by atoms with E-state index in [1.165, 1.54) is 11.2 Å². The fraction of sp³-hybridized carbons (Fsp3) is 0.364. The standard InChI is InChI=1S/C22H26N2O5/c1-5-28-16-9-8-15(13-14(16)2)20(25)18-19(17-7-6-12-29-17)24(11-10-23(3)4)22(27)21(18)26/h6-9,12-13,19,25H,5,10-11H2,1-4H3/b20-18-. The summed E-state index contributed by atoms with van der Waals surface area (Å²) >= 11 is 0. The van der Waals surface area contributed by atoms with Gasteiger partial charge in [0.25, 0.3) is 11.7 Å². The van der Waals surface area contributed by atoms with Gasteiger partial charge in [-0.2, -0.15) is 0 Å². The van der Waals surface area contributed by atoms with E-state index in [0.717, 1.165) is 5.56 Å². The minimum atomic E-state index is -0.767. The number of nitrogens with zero attached hydrogens (tertiary/aromatic N) is 2. The van der Waals surface area contributed by atoms with Gasteiger partial charge in [-0.1, -0.05) is 0 Å². The van der Waals surface area contributed by atoms with Crippen LogP contribution in [-0.2, 0) is 9.59 Å². The molecule has 1 fully saturated rings. The zero-order valence-electron chi connectivity index (χ0n) is 17.1. The molecule has 1 atom stereocenters. The van der Waals surface area contributed by atoms with Crippen molar-refractivity contribution in [2.75, 3.05) is 33.8 Å². The third-order valence-corrected chi connectivity index (χ3v) is 4.89. The second-order valence-electron chi connectivity index (χ2n) is 7.22. The molecule has 7 heteroatoms. The Balaban J connectivity index is 2.08. The van der Waals surface area contributed by atoms with E-state index in [1.807, 2.05) is 32.8 Å². The smallest absolute Gasteiger partial charge is 0.295 e. The van der Waals surface area contributed by atoms with Crippen molar-refractivity contribution < 1.29 is 23.8 Å². The molecule has 1 aliphatic heterocycles. The summed E-state index contributed by atoms with van der Waals surface area (Å²) in [6, 6.07) is 7.81. The molecule has 1 amide bonds. The number of rotatable bonds is 7. The molecule has 1 aliphatic rings. The van der Waals surface area contributed by atoms with Gasteiger partial charge in [-0.05, 0) is 63.8 Å². The van der Waals surface area contributed by atoms with Crippen molar-refractivity contribution in [3.05, 3.63) is 59.1 Å². The van der Waals surface area contributed by atoms with Crippen LogP contribution in [0.15, 0.2) is 46.6 Å². The van der Waals surface area contributed by atoms with Crippen LogP contribution in [0.25, 0.3) is 5.76 Å². The van der Waals surface area contributed by atoms with Gasteiger partial charge >= 0.3 is 0 Å². The maximum atomic E-state index is 12.8. The maximum Gasteiger partial charge on any atom is 0.295 e. The van der Waals surface area contributed by atoms with Gasteiger partial charge in [0.05, 0.1) is 18.4 Å². The van der Waals surface area contributed by atoms with Gasteiger partial charge in [0, 0.05) is 18.7 Å². The molecule has 2 aromatic rings. The third-order valence-electron chi connectivity index (χ3n) is 4.89. The highest BCUT2D eigenvalue weighted by Gasteiger charge is 2.47. The number of carbonyl (C=O) groups excluding carboxylic acids is 2. The molecule has 0 radical (unpaired) electrons. The lowest BCUT2D eigenvalue weighted by atomic mass is 9.98. The van der Waals surface area contributed by atoms with E-state index < -0.39 is 17.7 Å². The fourth-order valence-corrected chi connectivity index (χ4v) is 3.43. The van der Waals surface area contributed by atoms with Crippen LogP contribution in [0.4, 0.5) is 0 Å². The summed E-state index contributed by atoms with van der Waals surface area (Å²) in [4.78, 5) is 29.0. The number of hydrogen-bond donors (Lipinski definition) is 1. The van der Waals surface area contributed by atoms with Crippen molar-refractivity contribution in [3.8, 4) is 5.75 Å². The SMILES string of the molecule is CCOc1ccc(/C(O)=C2/C(=O)C(=O)N(CCN(C)C)C2c2ccco2)cc1C. The average molecular weight is 398 g/mol. The molecule has 2 heterocycles. The number of likely N-dealkylation sites (tertiary alicyclic amines) is 1. The molecular weight excluding hydrogens is 372 g/mol. The lowest BCUT2D eigenvalue weighted by Gasteiger charge is -2.24. The summed E-state index contributed by atoms with van der Waals surface area (Å²) in [5.74, 6) is -0.430. The van der Waals surface area contributed by atoms with Crippen LogP contribution in [0.2, 0.25) is 0 Å². The molecule has 29 heavy (non-hydrogen) atoms. The molecule has 7 nitrogen and oxygen atoms in total. The summed E-state index contributed by atoms with van der Waals surface area (Å²) in [5, 5.41) is 11.0. The monoisotopic (exact) mass is 398 g/mol. The van der Waals surface area contributed by atoms with Gasteiger partial charge in [0.1, 0.15) is 23.3 Å². The molecule has 0 saturated carbocycles. The quantitative estimate of drug-likeness (QED) is 0.439. The molecule has 0 bridgehead atoms. The van der Waals surface area contributed by atoms with Crippen LogP contribution in [0.5, 0.6) is 5.75 Å². The Bertz CT molecular complexity index is 931. The van der Waals surface area contributed by atoms with Crippen LogP contribution in [-0.4, -0.2) is 60.4 Å². The first-order valence-corrected chi connectivity index (χ1v) is 9.55. The van der Waals surface area contributed by atoms with Gasteiger partial charge < -0.3 is 24.1 Å². The predicted octanol–water partition coefficient (Wildman–Crippen LogP) is 2.97. The van der Waals surface area contributed by atoms with Crippen LogP contribution in [0, 0.1) is 6.92 Å². The number of likely N-dealkylation sites (N-methyl/N-ethyl adjacent to an activating group) is 1. The Morgan fingerprint density at radius 1 is 1.28 bits per heavy atom. The first-order chi connectivity index (χ1) is 13.8. The van der Waals surface area contributed by atoms with Crippen molar-refractivity contribution in [3.63, 3.8) is 0 Å². The third kappa shape index (κ3) is 4.05. The fourth-order valence-electron chi connectivity index (χ4n) is 3.43. The number of aliphatic hydroxyl groups is 1. The highest BCUT2D eigenvalue weighted by atomic mass is 16.5. The van der Waals surface area contributed by atoms with E-state index in [-0.39, 0.29) is 11.3 Å². The van der Waals surface area contributed by atoms with Crippen molar-refractivity contribution in [2.45, 2.75) is 19.9 Å². The zero-order valence-corrected chi connectivity index (χ0v) is 17.1. The van der Waals surface area contributed by atoms with Crippen molar-refractivity contribution >= 4 is 17.4 Å². The van der Waals surface area contributed by atoms with Crippen molar-refractivity contribution in [2.24, 2.45) is 0 Å². The van der Waals surface area contributed by atoms with E-state index >= 15 is 0 Å². The van der Waals surface area contributed by atoms with Gasteiger partial charge in [-0.25, -0.2) is 0 Å². The van der Waals surface area contributed by atoms with E-state index in [1.54, 1.807) is 30.3 Å². The summed E-state index contributed by atoms with van der Waals surface area (Å²) < 4.78 is 11.1. The summed E-state index contributed by atoms with van der Waals surface area (Å²) in [5.41, 5.74) is 1.31. The molecule has 1 aromatic carbocycles. The lowest BCUT2D eigenvalue weighted by Crippen LogP contribution is -2.35. The zero-order chi connectivity index (χ0) is 21.1. The molecule has 1 saturated heterocycles. The second kappa shape index (κ2) is 8.53. The number of hydrogen-bond acceptors (Lipinski definition) is 6. The minimum Gasteiger partial charge on any atom is -0.507 e. The Morgan fingerprint density at radius 2 is 2.03 bits per heavy atom. The second-order valence-corrected chi connectivity index (χ2v) is 7.22. The molecule has 3 rings (SSSR count). The summed E-state index contributed by atoms with van der Waals surface area (Å²) in [6.45, 7) is 5.20. The number of aliphatic hydroxyl groups excluding tert-OH is 1. The van der Waals surface area contributed by atoms with Crippen LogP contribution in [0.1, 0.15) is 29.9 Å². The van der Waals surface area contributed by atoms with E-state index in [2.05, 4.69) is 0 Å². The number of benzene rings is 1. The van der Waals surface area contributed by atoms with Crippen molar-refractivity contribution in [1.29, 1.82) is 0 Å². The van der Waals surface area contributed by atoms with Crippen LogP contribution < -0.4 is 4.74 Å². The molecule has 0 aliphatic carbocycles. The number of furan rings is 1. The number of amides is 1. The van der Waals surface area contributed by atoms with Gasteiger partial charge in [0.2, 0.25) is 0 Å². The minimum absolute atomic E-state index is 0.0345. The van der Waals surface area contributed by atoms with E-state index in [4.69, 9.17) is 9.15 Å². The lowest BCUT2D eigenvalue weighted by molar-refractivity contribution is -0.140. The Morgan fingerprint density at radius 3 is 2.62 bits per heavy atom. The molecule has 1 aromatic heterocycles. The number of Topliss-reactive ketones (excluding diaryl/α,β-unsaturated/α-hetero) is 1. The number of ether oxygens (including phenoxy) is 1. The average Bonchev–Trinajstić information content (AvgIpc) is 3.29. The van der Waals surface area contributed by atoms with Crippen LogP contribution in [0.3, 0.4) is 0 Å². The Hall–Kier alpha value is -3.06. The van der Waals surface area contributed by atoms with Gasteiger partial charge in [-0.15, -0.1) is 0 Å². The van der Waals surface area contributed by atoms with E-state index in [9.17, 15) is 14.7 Å². The molecule has 1 unspecified atom stereocenters. The first kappa shape index (κ1) is 20.7.